The number of carbonyl (C=O) groups excluding carboxylic acids is 2. The standard InChI is InChI=1S/C10H14N2O2S/c1-6(2)4-9(14)12-10-11-8(5-15-10)7(3)13/h5-6H,4H2,1-3H3,(H,11,12,14). The minimum atomic E-state index is -0.0874. The molecule has 0 aliphatic carbocycles. The van der Waals surface area contributed by atoms with Crippen molar-refractivity contribution in [3.63, 3.8) is 0 Å². The number of nitrogens with zero attached hydrogens (tertiary/aromatic N) is 1. The van der Waals surface area contributed by atoms with Gasteiger partial charge in [-0.05, 0) is 5.92 Å². The first-order valence-corrected chi connectivity index (χ1v) is 5.63. The Morgan fingerprint density at radius 3 is 2.67 bits per heavy atom. The summed E-state index contributed by atoms with van der Waals surface area (Å²) in [6.07, 6.45) is 0.467. The fourth-order valence-electron chi connectivity index (χ4n) is 1.03. The van der Waals surface area contributed by atoms with Crippen LogP contribution in [-0.2, 0) is 4.79 Å². The molecule has 4 nitrogen and oxygen atoms in total. The molecule has 82 valence electrons. The van der Waals surface area contributed by atoms with E-state index in [9.17, 15) is 9.59 Å². The second-order valence-corrected chi connectivity index (χ2v) is 4.60. The Hall–Kier alpha value is -1.23. The third-order valence-corrected chi connectivity index (χ3v) is 2.46. The molecule has 1 rings (SSSR count). The molecular formula is C10H14N2O2S. The van der Waals surface area contributed by atoms with Gasteiger partial charge in [0.25, 0.3) is 0 Å². The predicted octanol–water partition coefficient (Wildman–Crippen LogP) is 2.33. The van der Waals surface area contributed by atoms with Crippen LogP contribution in [0.1, 0.15) is 37.7 Å². The van der Waals surface area contributed by atoms with Crippen LogP contribution in [0.3, 0.4) is 0 Å². The monoisotopic (exact) mass is 226 g/mol. The van der Waals surface area contributed by atoms with Crippen LogP contribution in [0.25, 0.3) is 0 Å². The summed E-state index contributed by atoms with van der Waals surface area (Å²) in [5, 5.41) is 4.80. The van der Waals surface area contributed by atoms with Crippen molar-refractivity contribution in [1.29, 1.82) is 0 Å². The lowest BCUT2D eigenvalue weighted by Crippen LogP contribution is -2.13. The maximum Gasteiger partial charge on any atom is 0.226 e. The van der Waals surface area contributed by atoms with Gasteiger partial charge in [0.1, 0.15) is 5.69 Å². The van der Waals surface area contributed by atoms with E-state index in [0.717, 1.165) is 0 Å². The minimum absolute atomic E-state index is 0.0607. The highest BCUT2D eigenvalue weighted by Gasteiger charge is 2.09. The molecule has 0 fully saturated rings. The number of thiazole rings is 1. The van der Waals surface area contributed by atoms with Crippen molar-refractivity contribution in [1.82, 2.24) is 4.98 Å². The number of ketones is 1. The number of hydrogen-bond acceptors (Lipinski definition) is 4. The molecule has 1 aromatic rings. The third kappa shape index (κ3) is 3.79. The van der Waals surface area contributed by atoms with Crippen LogP contribution in [-0.4, -0.2) is 16.7 Å². The van der Waals surface area contributed by atoms with Gasteiger partial charge in [0.05, 0.1) is 0 Å². The Bertz CT molecular complexity index is 371. The van der Waals surface area contributed by atoms with Gasteiger partial charge in [-0.2, -0.15) is 0 Å². The molecule has 0 atom stereocenters. The second kappa shape index (κ2) is 5.02. The number of hydrogen-bond donors (Lipinski definition) is 1. The van der Waals surface area contributed by atoms with Crippen molar-refractivity contribution < 1.29 is 9.59 Å². The lowest BCUT2D eigenvalue weighted by atomic mass is 10.1. The summed E-state index contributed by atoms with van der Waals surface area (Å²) in [6.45, 7) is 5.40. The van der Waals surface area contributed by atoms with Crippen LogP contribution in [0.15, 0.2) is 5.38 Å². The molecule has 0 saturated heterocycles. The molecule has 1 aromatic heterocycles. The lowest BCUT2D eigenvalue weighted by molar-refractivity contribution is -0.116. The summed E-state index contributed by atoms with van der Waals surface area (Å²) in [6, 6.07) is 0. The topological polar surface area (TPSA) is 59.1 Å². The average Bonchev–Trinajstić information content (AvgIpc) is 2.50. The van der Waals surface area contributed by atoms with Gasteiger partial charge in [0.2, 0.25) is 5.91 Å². The Morgan fingerprint density at radius 2 is 2.20 bits per heavy atom. The smallest absolute Gasteiger partial charge is 0.226 e. The Balaban J connectivity index is 2.57. The molecule has 0 unspecified atom stereocenters. The maximum atomic E-state index is 11.4. The second-order valence-electron chi connectivity index (χ2n) is 3.74. The van der Waals surface area contributed by atoms with Gasteiger partial charge < -0.3 is 5.32 Å². The summed E-state index contributed by atoms with van der Waals surface area (Å²) >= 11 is 1.27. The molecule has 0 radical (unpaired) electrons. The van der Waals surface area contributed by atoms with Gasteiger partial charge in [0.15, 0.2) is 10.9 Å². The summed E-state index contributed by atoms with van der Waals surface area (Å²) in [5.41, 5.74) is 0.403. The van der Waals surface area contributed by atoms with Gasteiger partial charge in [-0.1, -0.05) is 13.8 Å². The highest BCUT2D eigenvalue weighted by Crippen LogP contribution is 2.16. The first kappa shape index (κ1) is 11.8. The zero-order valence-electron chi connectivity index (χ0n) is 9.03. The van der Waals surface area contributed by atoms with Crippen LogP contribution in [0.5, 0.6) is 0 Å². The van der Waals surface area contributed by atoms with E-state index >= 15 is 0 Å². The molecule has 5 heteroatoms. The molecule has 0 saturated carbocycles. The average molecular weight is 226 g/mol. The quantitative estimate of drug-likeness (QED) is 0.801. The van der Waals surface area contributed by atoms with Crippen molar-refractivity contribution in [2.75, 3.05) is 5.32 Å². The molecule has 1 amide bonds. The third-order valence-electron chi connectivity index (χ3n) is 1.70. The number of aromatic nitrogens is 1. The van der Waals surface area contributed by atoms with Gasteiger partial charge >= 0.3 is 0 Å². The molecule has 1 heterocycles. The molecule has 0 aliphatic heterocycles. The van der Waals surface area contributed by atoms with E-state index in [2.05, 4.69) is 10.3 Å². The van der Waals surface area contributed by atoms with Crippen LogP contribution in [0.4, 0.5) is 5.13 Å². The normalized spacial score (nSPS) is 10.4. The first-order chi connectivity index (χ1) is 6.99. The molecular weight excluding hydrogens is 212 g/mol. The van der Waals surface area contributed by atoms with Crippen molar-refractivity contribution in [2.45, 2.75) is 27.2 Å². The van der Waals surface area contributed by atoms with E-state index in [1.54, 1.807) is 5.38 Å². The fourth-order valence-corrected chi connectivity index (χ4v) is 1.80. The number of amides is 1. The van der Waals surface area contributed by atoms with Crippen LogP contribution in [0.2, 0.25) is 0 Å². The number of rotatable bonds is 4. The van der Waals surface area contributed by atoms with Crippen molar-refractivity contribution >= 4 is 28.2 Å². The van der Waals surface area contributed by atoms with Gasteiger partial charge in [-0.15, -0.1) is 11.3 Å². The highest BCUT2D eigenvalue weighted by atomic mass is 32.1. The molecule has 0 bridgehead atoms. The van der Waals surface area contributed by atoms with Crippen LogP contribution < -0.4 is 5.32 Å². The van der Waals surface area contributed by atoms with E-state index in [1.165, 1.54) is 18.3 Å². The molecule has 15 heavy (non-hydrogen) atoms. The Kier molecular flexibility index (Phi) is 3.96. The molecule has 0 spiro atoms. The van der Waals surface area contributed by atoms with Crippen molar-refractivity contribution in [2.24, 2.45) is 5.92 Å². The number of anilines is 1. The van der Waals surface area contributed by atoms with E-state index in [4.69, 9.17) is 0 Å². The summed E-state index contributed by atoms with van der Waals surface area (Å²) in [4.78, 5) is 26.3. The Labute approximate surface area is 92.7 Å². The van der Waals surface area contributed by atoms with Gasteiger partial charge in [-0.3, -0.25) is 9.59 Å². The van der Waals surface area contributed by atoms with E-state index in [1.807, 2.05) is 13.8 Å². The molecule has 1 N–H and O–H groups in total. The lowest BCUT2D eigenvalue weighted by Gasteiger charge is -2.03. The summed E-state index contributed by atoms with van der Waals surface area (Å²) < 4.78 is 0. The first-order valence-electron chi connectivity index (χ1n) is 4.75. The largest absolute Gasteiger partial charge is 0.302 e. The van der Waals surface area contributed by atoms with Crippen molar-refractivity contribution in [3.8, 4) is 0 Å². The fraction of sp³-hybridized carbons (Fsp3) is 0.500. The highest BCUT2D eigenvalue weighted by molar-refractivity contribution is 7.14. The number of carbonyl (C=O) groups is 2. The van der Waals surface area contributed by atoms with E-state index < -0.39 is 0 Å². The minimum Gasteiger partial charge on any atom is -0.302 e. The molecule has 0 aliphatic rings. The predicted molar refractivity (Wildman–Crippen MR) is 60.2 cm³/mol. The zero-order chi connectivity index (χ0) is 11.4. The van der Waals surface area contributed by atoms with Crippen LogP contribution in [0, 0.1) is 5.92 Å². The zero-order valence-corrected chi connectivity index (χ0v) is 9.85. The van der Waals surface area contributed by atoms with E-state index in [0.29, 0.717) is 23.2 Å². The summed E-state index contributed by atoms with van der Waals surface area (Å²) in [5.74, 6) is 0.169. The maximum absolute atomic E-state index is 11.4. The number of nitrogens with one attached hydrogen (secondary N) is 1. The van der Waals surface area contributed by atoms with E-state index in [-0.39, 0.29) is 11.7 Å². The van der Waals surface area contributed by atoms with Gasteiger partial charge in [-0.25, -0.2) is 4.98 Å². The number of Topliss-reactive ketones (excluding diaryl/α,β-unsaturated/α-hetero) is 1. The molecule has 0 aromatic carbocycles. The SMILES string of the molecule is CC(=O)c1csc(NC(=O)CC(C)C)n1. The Morgan fingerprint density at radius 1 is 1.53 bits per heavy atom. The van der Waals surface area contributed by atoms with Gasteiger partial charge in [0, 0.05) is 18.7 Å². The van der Waals surface area contributed by atoms with Crippen molar-refractivity contribution in [3.05, 3.63) is 11.1 Å². The van der Waals surface area contributed by atoms with Crippen LogP contribution >= 0.6 is 11.3 Å². The summed E-state index contributed by atoms with van der Waals surface area (Å²) in [7, 11) is 0.